The van der Waals surface area contributed by atoms with Gasteiger partial charge in [-0.25, -0.2) is 19.7 Å². The van der Waals surface area contributed by atoms with E-state index in [2.05, 4.69) is 25.4 Å². The molecular weight excluding hydrogens is 575 g/mol. The van der Waals surface area contributed by atoms with E-state index in [-0.39, 0.29) is 33.8 Å². The molecule has 0 spiro atoms. The van der Waals surface area contributed by atoms with E-state index >= 15 is 0 Å². The van der Waals surface area contributed by atoms with Gasteiger partial charge in [0, 0.05) is 23.0 Å². The van der Waals surface area contributed by atoms with Gasteiger partial charge < -0.3 is 26.7 Å². The molecule has 2 atom stereocenters. The summed E-state index contributed by atoms with van der Waals surface area (Å²) in [5.74, 6) is -1.53. The Hall–Kier alpha value is -3.35. The van der Waals surface area contributed by atoms with Crippen LogP contribution in [0.2, 0.25) is 0 Å². The minimum Gasteiger partial charge on any atom is -0.477 e. The fourth-order valence-corrected chi connectivity index (χ4v) is 7.08. The first-order valence-electron chi connectivity index (χ1n) is 10.6. The normalized spacial score (nSPS) is 19.0. The van der Waals surface area contributed by atoms with Crippen molar-refractivity contribution in [2.45, 2.75) is 21.5 Å². The number of amidine groups is 1. The number of nitrogen functional groups attached to an aromatic ring is 1. The second-order valence-corrected chi connectivity index (χ2v) is 11.6. The number of amides is 2. The van der Waals surface area contributed by atoms with Gasteiger partial charge in [-0.3, -0.25) is 19.9 Å². The average molecular weight is 596 g/mol. The van der Waals surface area contributed by atoms with Gasteiger partial charge in [0.15, 0.2) is 10.8 Å². The van der Waals surface area contributed by atoms with Gasteiger partial charge in [-0.15, -0.1) is 34.9 Å². The number of rotatable bonds is 11. The lowest BCUT2D eigenvalue weighted by Crippen LogP contribution is -2.71. The van der Waals surface area contributed by atoms with Crippen molar-refractivity contribution >= 4 is 81.1 Å². The maximum Gasteiger partial charge on any atom is 0.352 e. The highest BCUT2D eigenvalue weighted by atomic mass is 32.2. The highest BCUT2D eigenvalue weighted by Gasteiger charge is 2.54. The molecule has 0 saturated carbocycles. The Morgan fingerprint density at radius 2 is 2.11 bits per heavy atom. The van der Waals surface area contributed by atoms with Crippen molar-refractivity contribution in [2.24, 2.45) is 10.9 Å². The Balaban J connectivity index is 1.45. The van der Waals surface area contributed by atoms with Crippen LogP contribution in [0.3, 0.4) is 0 Å². The first-order chi connectivity index (χ1) is 18.2. The quantitative estimate of drug-likeness (QED) is 0.0594. The lowest BCUT2D eigenvalue weighted by atomic mass is 10.0. The van der Waals surface area contributed by atoms with Crippen LogP contribution in [0.1, 0.15) is 5.69 Å². The van der Waals surface area contributed by atoms with Gasteiger partial charge in [-0.05, 0) is 5.57 Å². The number of carbonyl (C=O) groups is 3. The van der Waals surface area contributed by atoms with Crippen LogP contribution in [-0.4, -0.2) is 90.1 Å². The number of β-lactam (4-membered cyclic amide) rings is 1. The number of nitrogens with zero attached hydrogens (tertiary/aromatic N) is 5. The zero-order chi connectivity index (χ0) is 27.4. The first-order valence-corrected chi connectivity index (χ1v) is 14.5. The summed E-state index contributed by atoms with van der Waals surface area (Å²) in [6.07, 6.45) is 1.39. The fraction of sp³-hybridized carbons (Fsp3) is 0.300. The van der Waals surface area contributed by atoms with Gasteiger partial charge in [0.05, 0.1) is 5.75 Å². The van der Waals surface area contributed by atoms with E-state index in [4.69, 9.17) is 21.7 Å². The Kier molecular flexibility index (Phi) is 8.75. The molecule has 18 heteroatoms. The maximum absolute atomic E-state index is 13.0. The SMILES string of the molecule is CO/N=C(\C(=O)N[C@@H]1C(=O)N2C(C(=O)O)=C(CSc3cc(SCC(=N)N)ncn3)CS[C@H]12)c1csc(N)n1. The van der Waals surface area contributed by atoms with Crippen molar-refractivity contribution in [1.82, 2.24) is 25.2 Å². The van der Waals surface area contributed by atoms with Crippen LogP contribution in [-0.2, 0) is 19.2 Å². The van der Waals surface area contributed by atoms with Crippen molar-refractivity contribution in [3.63, 3.8) is 0 Å². The minimum atomic E-state index is -1.23. The number of thioether (sulfide) groups is 3. The summed E-state index contributed by atoms with van der Waals surface area (Å²) >= 11 is 5.07. The van der Waals surface area contributed by atoms with E-state index in [9.17, 15) is 19.5 Å². The number of aromatic nitrogens is 3. The molecular formula is C20H21N9O5S4. The van der Waals surface area contributed by atoms with E-state index in [1.54, 1.807) is 6.07 Å². The van der Waals surface area contributed by atoms with Crippen molar-refractivity contribution in [1.29, 1.82) is 5.41 Å². The molecule has 2 aromatic rings. The molecule has 14 nitrogen and oxygen atoms in total. The molecule has 1 saturated heterocycles. The third-order valence-electron chi connectivity index (χ3n) is 5.09. The summed E-state index contributed by atoms with van der Waals surface area (Å²) in [6, 6.07) is 0.782. The largest absolute Gasteiger partial charge is 0.477 e. The molecule has 2 aromatic heterocycles. The number of aliphatic carboxylic acids is 1. The van der Waals surface area contributed by atoms with Gasteiger partial charge in [0.2, 0.25) is 0 Å². The predicted molar refractivity (Wildman–Crippen MR) is 145 cm³/mol. The highest BCUT2D eigenvalue weighted by molar-refractivity contribution is 8.01. The lowest BCUT2D eigenvalue weighted by molar-refractivity contribution is -0.150. The summed E-state index contributed by atoms with van der Waals surface area (Å²) in [5, 5.41) is 26.0. The average Bonchev–Trinajstić information content (AvgIpc) is 3.32. The maximum atomic E-state index is 13.0. The zero-order valence-electron chi connectivity index (χ0n) is 19.6. The molecule has 4 rings (SSSR count). The Bertz CT molecular complexity index is 1350. The highest BCUT2D eigenvalue weighted by Crippen LogP contribution is 2.41. The Morgan fingerprint density at radius 1 is 1.37 bits per heavy atom. The van der Waals surface area contributed by atoms with Crippen LogP contribution in [0, 0.1) is 5.41 Å². The topological polar surface area (TPSA) is 223 Å². The van der Waals surface area contributed by atoms with Crippen LogP contribution >= 0.6 is 46.6 Å². The van der Waals surface area contributed by atoms with E-state index in [1.165, 1.54) is 59.0 Å². The molecule has 0 aliphatic carbocycles. The summed E-state index contributed by atoms with van der Waals surface area (Å²) in [6.45, 7) is 0. The number of oxime groups is 1. The molecule has 7 N–H and O–H groups in total. The van der Waals surface area contributed by atoms with Gasteiger partial charge >= 0.3 is 5.97 Å². The number of anilines is 1. The molecule has 38 heavy (non-hydrogen) atoms. The summed E-state index contributed by atoms with van der Waals surface area (Å²) in [4.78, 5) is 56.3. The lowest BCUT2D eigenvalue weighted by Gasteiger charge is -2.49. The van der Waals surface area contributed by atoms with Crippen LogP contribution < -0.4 is 16.8 Å². The van der Waals surface area contributed by atoms with E-state index in [0.717, 1.165) is 11.3 Å². The van der Waals surface area contributed by atoms with Gasteiger partial charge in [-0.2, -0.15) is 0 Å². The third kappa shape index (κ3) is 6.03. The van der Waals surface area contributed by atoms with Crippen molar-refractivity contribution in [3.05, 3.63) is 34.7 Å². The van der Waals surface area contributed by atoms with Crippen LogP contribution in [0.15, 0.2) is 44.3 Å². The van der Waals surface area contributed by atoms with Gasteiger partial charge in [0.25, 0.3) is 11.8 Å². The van der Waals surface area contributed by atoms with E-state index < -0.39 is 29.2 Å². The Labute approximate surface area is 232 Å². The van der Waals surface area contributed by atoms with E-state index in [1.807, 2.05) is 0 Å². The molecule has 200 valence electrons. The number of hydrogen-bond donors (Lipinski definition) is 5. The number of carboxylic acids is 1. The summed E-state index contributed by atoms with van der Waals surface area (Å²) in [7, 11) is 1.27. The molecule has 2 amide bonds. The van der Waals surface area contributed by atoms with Crippen molar-refractivity contribution in [2.75, 3.05) is 30.1 Å². The number of thiazole rings is 1. The standard InChI is InChI=1S/C20H21N9O5S4/c1-34-28-13(9-5-38-20(23)26-9)16(30)27-14-17(31)29-15(19(32)33)8(4-37-18(14)29)3-35-11-2-12(25-7-24-11)36-6-10(21)22/h2,5,7,14,18H,3-4,6H2,1H3,(H3,21,22)(H2,23,26)(H,27,30)(H,32,33)/b28-13-/t14-,18-/m1/s1. The molecule has 0 radical (unpaired) electrons. The van der Waals surface area contributed by atoms with Crippen molar-refractivity contribution < 1.29 is 24.3 Å². The molecule has 2 aliphatic heterocycles. The molecule has 0 bridgehead atoms. The van der Waals surface area contributed by atoms with Crippen LogP contribution in [0.5, 0.6) is 0 Å². The van der Waals surface area contributed by atoms with Crippen LogP contribution in [0.4, 0.5) is 5.13 Å². The summed E-state index contributed by atoms with van der Waals surface area (Å²) < 4.78 is 0. The number of hydrogen-bond acceptors (Lipinski definition) is 14. The molecule has 0 aromatic carbocycles. The second-order valence-electron chi connectivity index (χ2n) is 7.61. The zero-order valence-corrected chi connectivity index (χ0v) is 22.9. The Morgan fingerprint density at radius 3 is 2.74 bits per heavy atom. The fourth-order valence-electron chi connectivity index (χ4n) is 3.49. The minimum absolute atomic E-state index is 0.0246. The van der Waals surface area contributed by atoms with Gasteiger partial charge in [0.1, 0.15) is 52.1 Å². The second kappa shape index (κ2) is 12.0. The molecule has 0 unspecified atom stereocenters. The number of nitrogens with two attached hydrogens (primary N) is 2. The predicted octanol–water partition coefficient (Wildman–Crippen LogP) is 0.425. The molecule has 2 aliphatic rings. The molecule has 4 heterocycles. The molecule has 1 fully saturated rings. The first kappa shape index (κ1) is 27.7. The van der Waals surface area contributed by atoms with Crippen molar-refractivity contribution in [3.8, 4) is 0 Å². The summed E-state index contributed by atoms with van der Waals surface area (Å²) in [5.41, 5.74) is 11.5. The van der Waals surface area contributed by atoms with Gasteiger partial charge in [-0.1, -0.05) is 16.9 Å². The van der Waals surface area contributed by atoms with E-state index in [0.29, 0.717) is 27.1 Å². The number of carboxylic acid groups (broad SMARTS) is 1. The third-order valence-corrected chi connectivity index (χ3v) is 9.09. The number of nitrogens with one attached hydrogen (secondary N) is 2. The monoisotopic (exact) mass is 595 g/mol. The number of fused-ring (bicyclic) bond motifs is 1. The number of carbonyl (C=O) groups excluding carboxylic acids is 2. The smallest absolute Gasteiger partial charge is 0.352 e. The van der Waals surface area contributed by atoms with Crippen LogP contribution in [0.25, 0.3) is 0 Å².